The predicted molar refractivity (Wildman–Crippen MR) is 104 cm³/mol. The van der Waals surface area contributed by atoms with Crippen LogP contribution in [0.1, 0.15) is 11.1 Å². The van der Waals surface area contributed by atoms with E-state index >= 15 is 0 Å². The molecule has 0 bridgehead atoms. The monoisotopic (exact) mass is 366 g/mol. The van der Waals surface area contributed by atoms with Crippen molar-refractivity contribution in [3.05, 3.63) is 59.7 Å². The summed E-state index contributed by atoms with van der Waals surface area (Å²) in [4.78, 5) is 1.14. The fourth-order valence-corrected chi connectivity index (χ4v) is 3.26. The number of benzene rings is 2. The topological polar surface area (TPSA) is 99.7 Å². The Bertz CT molecular complexity index is 856. The Hall–Kier alpha value is -2.08. The molecule has 6 N–H and O–H groups in total. The molecule has 0 spiro atoms. The van der Waals surface area contributed by atoms with Gasteiger partial charge in [0.05, 0.1) is 0 Å². The lowest BCUT2D eigenvalue weighted by molar-refractivity contribution is 1.43. The summed E-state index contributed by atoms with van der Waals surface area (Å²) < 4.78 is 1.10. The minimum Gasteiger partial charge on any atom is -0.384 e. The molecule has 2 aromatic carbocycles. The SMILES string of the molecule is Cl.Cl.N=C(N)c1ccc(-c2cc3ccc(C(=N)N)cc3s2)cc1. The number of nitrogens with two attached hydrogens (primary N) is 2. The molecule has 0 amide bonds. The quantitative estimate of drug-likeness (QED) is 0.416. The third kappa shape index (κ3) is 3.82. The first-order valence-electron chi connectivity index (χ1n) is 6.37. The molecule has 0 fully saturated rings. The Labute approximate surface area is 150 Å². The number of rotatable bonds is 3. The van der Waals surface area contributed by atoms with E-state index in [9.17, 15) is 0 Å². The second-order valence-corrected chi connectivity index (χ2v) is 5.85. The van der Waals surface area contributed by atoms with Gasteiger partial charge in [-0.05, 0) is 23.1 Å². The van der Waals surface area contributed by atoms with Crippen molar-refractivity contribution in [2.24, 2.45) is 11.5 Å². The molecule has 0 saturated heterocycles. The van der Waals surface area contributed by atoms with E-state index in [2.05, 4.69) is 6.07 Å². The van der Waals surface area contributed by atoms with Crippen LogP contribution in [0, 0.1) is 10.8 Å². The van der Waals surface area contributed by atoms with Crippen molar-refractivity contribution in [1.82, 2.24) is 0 Å². The van der Waals surface area contributed by atoms with Crippen LogP contribution in [0.4, 0.5) is 0 Å². The molecule has 0 radical (unpaired) electrons. The Morgan fingerprint density at radius 3 is 1.91 bits per heavy atom. The van der Waals surface area contributed by atoms with E-state index in [-0.39, 0.29) is 36.5 Å². The average Bonchev–Trinajstić information content (AvgIpc) is 2.90. The van der Waals surface area contributed by atoms with Crippen LogP contribution in [0.5, 0.6) is 0 Å². The highest BCUT2D eigenvalue weighted by Crippen LogP contribution is 2.34. The van der Waals surface area contributed by atoms with E-state index in [0.29, 0.717) is 0 Å². The summed E-state index contributed by atoms with van der Waals surface area (Å²) in [6.45, 7) is 0. The van der Waals surface area contributed by atoms with Crippen LogP contribution < -0.4 is 11.5 Å². The molecule has 0 aliphatic heterocycles. The smallest absolute Gasteiger partial charge is 0.122 e. The largest absolute Gasteiger partial charge is 0.384 e. The zero-order chi connectivity index (χ0) is 15.0. The van der Waals surface area contributed by atoms with Gasteiger partial charge in [0, 0.05) is 20.7 Å². The molecular formula is C16H16Cl2N4S. The highest BCUT2D eigenvalue weighted by Gasteiger charge is 2.07. The molecule has 3 aromatic rings. The predicted octanol–water partition coefficient (Wildman–Crippen LogP) is 3.98. The van der Waals surface area contributed by atoms with Gasteiger partial charge < -0.3 is 11.5 Å². The molecule has 1 heterocycles. The summed E-state index contributed by atoms with van der Waals surface area (Å²) in [6, 6.07) is 15.5. The first-order valence-corrected chi connectivity index (χ1v) is 7.19. The molecule has 0 saturated carbocycles. The number of fused-ring (bicyclic) bond motifs is 1. The first-order chi connectivity index (χ1) is 10.0. The molecule has 3 rings (SSSR count). The Morgan fingerprint density at radius 2 is 1.35 bits per heavy atom. The van der Waals surface area contributed by atoms with E-state index in [1.807, 2.05) is 42.5 Å². The summed E-state index contributed by atoms with van der Waals surface area (Å²) in [5, 5.41) is 16.0. The third-order valence-corrected chi connectivity index (χ3v) is 4.46. The molecule has 0 atom stereocenters. The maximum atomic E-state index is 7.50. The van der Waals surface area contributed by atoms with Crippen LogP contribution in [-0.4, -0.2) is 11.7 Å². The Kier molecular flexibility index (Phi) is 6.15. The normalized spacial score (nSPS) is 9.74. The Morgan fingerprint density at radius 1 is 0.783 bits per heavy atom. The summed E-state index contributed by atoms with van der Waals surface area (Å²) >= 11 is 1.66. The number of amidine groups is 2. The molecule has 0 aliphatic rings. The highest BCUT2D eigenvalue weighted by molar-refractivity contribution is 7.22. The van der Waals surface area contributed by atoms with E-state index < -0.39 is 0 Å². The van der Waals surface area contributed by atoms with Gasteiger partial charge in [-0.3, -0.25) is 10.8 Å². The van der Waals surface area contributed by atoms with Crippen molar-refractivity contribution in [2.45, 2.75) is 0 Å². The lowest BCUT2D eigenvalue weighted by Crippen LogP contribution is -2.10. The van der Waals surface area contributed by atoms with Gasteiger partial charge in [0.25, 0.3) is 0 Å². The molecule has 7 heteroatoms. The minimum absolute atomic E-state index is 0. The summed E-state index contributed by atoms with van der Waals surface area (Å²) in [7, 11) is 0. The number of nitrogens with one attached hydrogen (secondary N) is 2. The minimum atomic E-state index is 0. The zero-order valence-electron chi connectivity index (χ0n) is 12.0. The van der Waals surface area contributed by atoms with Gasteiger partial charge in [-0.2, -0.15) is 0 Å². The molecule has 120 valence electrons. The van der Waals surface area contributed by atoms with Gasteiger partial charge in [-0.1, -0.05) is 36.4 Å². The number of halogens is 2. The lowest BCUT2D eigenvalue weighted by Gasteiger charge is -2.00. The van der Waals surface area contributed by atoms with Gasteiger partial charge in [0.2, 0.25) is 0 Å². The van der Waals surface area contributed by atoms with Crippen LogP contribution >= 0.6 is 36.2 Å². The van der Waals surface area contributed by atoms with E-state index in [0.717, 1.165) is 31.7 Å². The number of nitrogen functional groups attached to an aromatic ring is 2. The van der Waals surface area contributed by atoms with Crippen molar-refractivity contribution in [3.63, 3.8) is 0 Å². The van der Waals surface area contributed by atoms with E-state index in [1.165, 1.54) is 0 Å². The number of hydrogen-bond acceptors (Lipinski definition) is 3. The second-order valence-electron chi connectivity index (χ2n) is 4.77. The van der Waals surface area contributed by atoms with Gasteiger partial charge >= 0.3 is 0 Å². The van der Waals surface area contributed by atoms with Crippen molar-refractivity contribution < 1.29 is 0 Å². The molecular weight excluding hydrogens is 351 g/mol. The van der Waals surface area contributed by atoms with Crippen LogP contribution in [0.2, 0.25) is 0 Å². The number of thiophene rings is 1. The Balaban J connectivity index is 0.00000132. The summed E-state index contributed by atoms with van der Waals surface area (Å²) in [5.41, 5.74) is 13.5. The van der Waals surface area contributed by atoms with Gasteiger partial charge in [-0.25, -0.2) is 0 Å². The maximum absolute atomic E-state index is 7.50. The second kappa shape index (κ2) is 7.46. The zero-order valence-corrected chi connectivity index (χ0v) is 14.4. The summed E-state index contributed by atoms with van der Waals surface area (Å²) in [6.07, 6.45) is 0. The average molecular weight is 367 g/mol. The van der Waals surface area contributed by atoms with Gasteiger partial charge in [0.1, 0.15) is 11.7 Å². The standard InChI is InChI=1S/C16H14N4S.2ClH/c17-15(18)10-3-1-9(2-4-10)13-7-11-5-6-12(16(19)20)8-14(11)21-13;;/h1-8H,(H3,17,18)(H3,19,20);2*1H. The van der Waals surface area contributed by atoms with Gasteiger partial charge in [0.15, 0.2) is 0 Å². The fourth-order valence-electron chi connectivity index (χ4n) is 2.16. The summed E-state index contributed by atoms with van der Waals surface area (Å²) in [5.74, 6) is 0.154. The van der Waals surface area contributed by atoms with Crippen molar-refractivity contribution in [1.29, 1.82) is 10.8 Å². The highest BCUT2D eigenvalue weighted by atomic mass is 35.5. The molecule has 0 unspecified atom stereocenters. The van der Waals surface area contributed by atoms with Crippen LogP contribution in [0.3, 0.4) is 0 Å². The van der Waals surface area contributed by atoms with Crippen molar-refractivity contribution in [3.8, 4) is 10.4 Å². The van der Waals surface area contributed by atoms with Gasteiger partial charge in [-0.15, -0.1) is 36.2 Å². The molecule has 1 aromatic heterocycles. The van der Waals surface area contributed by atoms with E-state index in [4.69, 9.17) is 22.3 Å². The first kappa shape index (κ1) is 19.0. The van der Waals surface area contributed by atoms with Crippen molar-refractivity contribution >= 4 is 57.9 Å². The fraction of sp³-hybridized carbons (Fsp3) is 0. The molecule has 0 aliphatic carbocycles. The van der Waals surface area contributed by atoms with Crippen LogP contribution in [0.15, 0.2) is 48.5 Å². The van der Waals surface area contributed by atoms with Crippen molar-refractivity contribution in [2.75, 3.05) is 0 Å². The van der Waals surface area contributed by atoms with Crippen LogP contribution in [-0.2, 0) is 0 Å². The van der Waals surface area contributed by atoms with E-state index in [1.54, 1.807) is 11.3 Å². The maximum Gasteiger partial charge on any atom is 0.122 e. The molecule has 4 nitrogen and oxygen atoms in total. The molecule has 23 heavy (non-hydrogen) atoms. The lowest BCUT2D eigenvalue weighted by atomic mass is 10.1. The van der Waals surface area contributed by atoms with Crippen LogP contribution in [0.25, 0.3) is 20.5 Å². The number of hydrogen-bond donors (Lipinski definition) is 4. The third-order valence-electron chi connectivity index (χ3n) is 3.31.